The van der Waals surface area contributed by atoms with Crippen LogP contribution in [0.4, 0.5) is 5.95 Å². The summed E-state index contributed by atoms with van der Waals surface area (Å²) in [5.74, 6) is 0.950. The van der Waals surface area contributed by atoms with E-state index in [1.54, 1.807) is 11.1 Å². The highest BCUT2D eigenvalue weighted by atomic mass is 16.1. The van der Waals surface area contributed by atoms with E-state index in [1.165, 1.54) is 11.1 Å². The number of carbonyl (C=O) groups excluding carboxylic acids is 2. The highest BCUT2D eigenvalue weighted by Gasteiger charge is 2.29. The van der Waals surface area contributed by atoms with Crippen LogP contribution < -0.4 is 4.90 Å². The number of Topliss-reactive ketones (excluding diaryl/α,β-unsaturated/α-hetero) is 1. The van der Waals surface area contributed by atoms with Crippen molar-refractivity contribution in [2.75, 3.05) is 31.1 Å². The number of piperazine rings is 1. The number of aryl methyl sites for hydroxylation is 1. The maximum atomic E-state index is 12.6. The molecule has 4 rings (SSSR count). The molecule has 0 N–H and O–H groups in total. The van der Waals surface area contributed by atoms with Crippen molar-refractivity contribution in [1.82, 2.24) is 14.9 Å². The molecule has 134 valence electrons. The van der Waals surface area contributed by atoms with Crippen LogP contribution in [0.1, 0.15) is 39.5 Å². The van der Waals surface area contributed by atoms with Gasteiger partial charge in [0.15, 0.2) is 5.78 Å². The Kier molecular flexibility index (Phi) is 4.41. The average molecular weight is 350 g/mol. The Labute approximate surface area is 152 Å². The molecule has 6 heteroatoms. The molecule has 0 saturated carbocycles. The summed E-state index contributed by atoms with van der Waals surface area (Å²) in [6, 6.07) is 8.40. The number of aromatic nitrogens is 2. The predicted octanol–water partition coefficient (Wildman–Crippen LogP) is 1.98. The highest BCUT2D eigenvalue weighted by Crippen LogP contribution is 2.32. The summed E-state index contributed by atoms with van der Waals surface area (Å²) in [5, 5.41) is 0. The molecule has 2 heterocycles. The van der Waals surface area contributed by atoms with Crippen molar-refractivity contribution in [2.24, 2.45) is 0 Å². The van der Waals surface area contributed by atoms with Gasteiger partial charge in [-0.3, -0.25) is 9.59 Å². The van der Waals surface area contributed by atoms with Gasteiger partial charge in [0.2, 0.25) is 12.4 Å². The summed E-state index contributed by atoms with van der Waals surface area (Å²) in [5.41, 5.74) is 3.91. The van der Waals surface area contributed by atoms with Crippen LogP contribution in [0.25, 0.3) is 0 Å². The van der Waals surface area contributed by atoms with E-state index in [0.717, 1.165) is 18.5 Å². The molecule has 2 aromatic rings. The van der Waals surface area contributed by atoms with Crippen molar-refractivity contribution in [2.45, 2.75) is 25.7 Å². The van der Waals surface area contributed by atoms with Crippen molar-refractivity contribution in [3.8, 4) is 0 Å². The van der Waals surface area contributed by atoms with Crippen LogP contribution in [0.5, 0.6) is 0 Å². The number of nitrogens with zero attached hydrogens (tertiary/aromatic N) is 4. The van der Waals surface area contributed by atoms with E-state index < -0.39 is 0 Å². The quantitative estimate of drug-likeness (QED) is 0.792. The molecule has 1 aromatic carbocycles. The first-order valence-corrected chi connectivity index (χ1v) is 9.04. The van der Waals surface area contributed by atoms with Crippen molar-refractivity contribution in [3.05, 3.63) is 52.8 Å². The molecule has 0 radical (unpaired) electrons. The molecule has 1 fully saturated rings. The van der Waals surface area contributed by atoms with Gasteiger partial charge in [0, 0.05) is 38.8 Å². The third kappa shape index (κ3) is 3.19. The predicted molar refractivity (Wildman–Crippen MR) is 98.5 cm³/mol. The third-order valence-corrected chi connectivity index (χ3v) is 5.32. The van der Waals surface area contributed by atoms with Crippen LogP contribution in [0, 0.1) is 6.92 Å². The van der Waals surface area contributed by atoms with Gasteiger partial charge in [-0.05, 0) is 24.8 Å². The van der Waals surface area contributed by atoms with E-state index in [-0.39, 0.29) is 11.7 Å². The Morgan fingerprint density at radius 2 is 1.81 bits per heavy atom. The van der Waals surface area contributed by atoms with Crippen LogP contribution in [-0.2, 0) is 11.2 Å². The number of amides is 1. The highest BCUT2D eigenvalue weighted by molar-refractivity contribution is 5.98. The molecule has 6 nitrogen and oxygen atoms in total. The molecule has 1 aliphatic heterocycles. The topological polar surface area (TPSA) is 66.4 Å². The minimum Gasteiger partial charge on any atom is -0.342 e. The van der Waals surface area contributed by atoms with Gasteiger partial charge in [-0.1, -0.05) is 29.8 Å². The number of anilines is 1. The van der Waals surface area contributed by atoms with E-state index in [9.17, 15) is 9.59 Å². The number of ketones is 1. The number of fused-ring (bicyclic) bond motifs is 1. The Balaban J connectivity index is 1.57. The van der Waals surface area contributed by atoms with Gasteiger partial charge >= 0.3 is 0 Å². The summed E-state index contributed by atoms with van der Waals surface area (Å²) in [4.78, 5) is 36.4. The summed E-state index contributed by atoms with van der Waals surface area (Å²) in [6.45, 7) is 4.85. The Morgan fingerprint density at radius 3 is 2.50 bits per heavy atom. The van der Waals surface area contributed by atoms with Gasteiger partial charge in [-0.15, -0.1) is 0 Å². The zero-order valence-electron chi connectivity index (χ0n) is 14.9. The molecule has 1 aliphatic carbocycles. The van der Waals surface area contributed by atoms with Crippen LogP contribution in [0.3, 0.4) is 0 Å². The van der Waals surface area contributed by atoms with Gasteiger partial charge in [-0.2, -0.15) is 0 Å². The fourth-order valence-corrected chi connectivity index (χ4v) is 3.69. The van der Waals surface area contributed by atoms with E-state index in [1.807, 2.05) is 0 Å². The van der Waals surface area contributed by atoms with Gasteiger partial charge in [0.25, 0.3) is 0 Å². The van der Waals surface area contributed by atoms with Crippen molar-refractivity contribution < 1.29 is 9.59 Å². The average Bonchev–Trinajstić information content (AvgIpc) is 2.68. The summed E-state index contributed by atoms with van der Waals surface area (Å²) >= 11 is 0. The van der Waals surface area contributed by atoms with E-state index in [0.29, 0.717) is 44.1 Å². The van der Waals surface area contributed by atoms with Crippen molar-refractivity contribution >= 4 is 18.1 Å². The fraction of sp³-hybridized carbons (Fsp3) is 0.400. The summed E-state index contributed by atoms with van der Waals surface area (Å²) in [7, 11) is 0. The van der Waals surface area contributed by atoms with Gasteiger partial charge in [0.05, 0.1) is 11.3 Å². The molecular weight excluding hydrogens is 328 g/mol. The number of rotatable bonds is 3. The zero-order valence-corrected chi connectivity index (χ0v) is 14.9. The minimum absolute atomic E-state index is 0.120. The van der Waals surface area contributed by atoms with Crippen molar-refractivity contribution in [3.63, 3.8) is 0 Å². The van der Waals surface area contributed by atoms with Gasteiger partial charge in [-0.25, -0.2) is 9.97 Å². The molecule has 1 atom stereocenters. The molecule has 26 heavy (non-hydrogen) atoms. The lowest BCUT2D eigenvalue weighted by Gasteiger charge is -2.33. The number of carbonyl (C=O) groups is 2. The van der Waals surface area contributed by atoms with Crippen LogP contribution in [0.2, 0.25) is 0 Å². The third-order valence-electron chi connectivity index (χ3n) is 5.32. The number of hydrogen-bond acceptors (Lipinski definition) is 5. The lowest BCUT2D eigenvalue weighted by atomic mass is 9.82. The standard InChI is InChI=1S/C20H22N4O2/c1-14-2-4-15(5-3-14)16-10-18-17(19(26)11-16)12-21-20(22-18)24-8-6-23(13-25)7-9-24/h2-5,12-13,16H,6-11H2,1H3/t16-/m0/s1. The minimum atomic E-state index is 0.120. The second-order valence-electron chi connectivity index (χ2n) is 7.10. The smallest absolute Gasteiger partial charge is 0.225 e. The SMILES string of the molecule is Cc1ccc([C@@H]2CC(=O)c3cnc(N4CCN(C=O)CC4)nc3C2)cc1. The molecule has 0 spiro atoms. The second kappa shape index (κ2) is 6.86. The van der Waals surface area contributed by atoms with Crippen molar-refractivity contribution in [1.29, 1.82) is 0 Å². The van der Waals surface area contributed by atoms with E-state index >= 15 is 0 Å². The monoisotopic (exact) mass is 350 g/mol. The molecule has 0 unspecified atom stereocenters. The number of hydrogen-bond donors (Lipinski definition) is 0. The maximum absolute atomic E-state index is 12.6. The molecule has 0 bridgehead atoms. The van der Waals surface area contributed by atoms with Crippen LogP contribution in [0.15, 0.2) is 30.5 Å². The van der Waals surface area contributed by atoms with Crippen LogP contribution >= 0.6 is 0 Å². The largest absolute Gasteiger partial charge is 0.342 e. The zero-order chi connectivity index (χ0) is 18.1. The van der Waals surface area contributed by atoms with E-state index in [4.69, 9.17) is 4.98 Å². The molecule has 2 aliphatic rings. The first-order valence-electron chi connectivity index (χ1n) is 9.04. The second-order valence-corrected chi connectivity index (χ2v) is 7.10. The van der Waals surface area contributed by atoms with Gasteiger partial charge < -0.3 is 9.80 Å². The normalized spacial score (nSPS) is 20.0. The lowest BCUT2D eigenvalue weighted by Crippen LogP contribution is -2.46. The fourth-order valence-electron chi connectivity index (χ4n) is 3.69. The van der Waals surface area contributed by atoms with Crippen LogP contribution in [-0.4, -0.2) is 53.2 Å². The Morgan fingerprint density at radius 1 is 1.08 bits per heavy atom. The molecule has 1 saturated heterocycles. The molecular formula is C20H22N4O2. The molecule has 1 aromatic heterocycles. The summed E-state index contributed by atoms with van der Waals surface area (Å²) < 4.78 is 0. The van der Waals surface area contributed by atoms with Gasteiger partial charge in [0.1, 0.15) is 0 Å². The van der Waals surface area contributed by atoms with E-state index in [2.05, 4.69) is 41.1 Å². The summed E-state index contributed by atoms with van der Waals surface area (Å²) in [6.07, 6.45) is 3.83. The Hall–Kier alpha value is -2.76. The Bertz CT molecular complexity index is 826. The first-order chi connectivity index (χ1) is 12.6. The number of benzene rings is 1. The molecule has 1 amide bonds. The maximum Gasteiger partial charge on any atom is 0.225 e. The lowest BCUT2D eigenvalue weighted by molar-refractivity contribution is -0.118. The first kappa shape index (κ1) is 16.7.